The molecule has 0 amide bonds. The van der Waals surface area contributed by atoms with Crippen molar-refractivity contribution in [3.05, 3.63) is 0 Å². The smallest absolute Gasteiger partial charge is 0.307 e. The summed E-state index contributed by atoms with van der Waals surface area (Å²) in [5, 5.41) is 9.16. The Hall–Kier alpha value is -0.610. The molecule has 0 radical (unpaired) electrons. The minimum Gasteiger partial charge on any atom is -0.481 e. The Balaban J connectivity index is 2.00. The van der Waals surface area contributed by atoms with Crippen LogP contribution in [0.2, 0.25) is 0 Å². The normalized spacial score (nSPS) is 33.1. The summed E-state index contributed by atoms with van der Waals surface area (Å²) in [7, 11) is 0. The molecule has 1 heterocycles. The predicted molar refractivity (Wildman–Crippen MR) is 66.7 cm³/mol. The second-order valence-electron chi connectivity index (χ2n) is 5.65. The number of likely N-dealkylation sites (tertiary alicyclic amines) is 1. The lowest BCUT2D eigenvalue weighted by Crippen LogP contribution is -2.55. The summed E-state index contributed by atoms with van der Waals surface area (Å²) in [5.74, 6) is -0.179. The van der Waals surface area contributed by atoms with Crippen molar-refractivity contribution in [1.82, 2.24) is 4.90 Å². The Morgan fingerprint density at radius 2 is 2.18 bits per heavy atom. The maximum Gasteiger partial charge on any atom is 0.307 e. The van der Waals surface area contributed by atoms with E-state index in [1.165, 1.54) is 19.3 Å². The van der Waals surface area contributed by atoms with Crippen molar-refractivity contribution in [1.29, 1.82) is 0 Å². The van der Waals surface area contributed by atoms with Crippen LogP contribution in [0.4, 0.5) is 0 Å². The molecular weight excluding hydrogens is 216 g/mol. The van der Waals surface area contributed by atoms with Crippen molar-refractivity contribution in [2.75, 3.05) is 13.1 Å². The first-order valence-electron chi connectivity index (χ1n) is 6.84. The van der Waals surface area contributed by atoms with Gasteiger partial charge in [0, 0.05) is 25.2 Å². The summed E-state index contributed by atoms with van der Waals surface area (Å²) >= 11 is 0. The van der Waals surface area contributed by atoms with Gasteiger partial charge in [-0.15, -0.1) is 0 Å². The van der Waals surface area contributed by atoms with Crippen LogP contribution in [0.15, 0.2) is 0 Å². The van der Waals surface area contributed by atoms with Crippen LogP contribution in [0.3, 0.4) is 0 Å². The van der Waals surface area contributed by atoms with E-state index < -0.39 is 5.97 Å². The van der Waals surface area contributed by atoms with Gasteiger partial charge in [-0.05, 0) is 31.6 Å². The number of hydrogen-bond donors (Lipinski definition) is 2. The maximum atomic E-state index is 11.1. The van der Waals surface area contributed by atoms with E-state index in [0.29, 0.717) is 19.0 Å². The molecule has 2 rings (SSSR count). The largest absolute Gasteiger partial charge is 0.481 e. The summed E-state index contributed by atoms with van der Waals surface area (Å²) in [6.07, 6.45) is 5.70. The van der Waals surface area contributed by atoms with Crippen molar-refractivity contribution >= 4 is 5.97 Å². The van der Waals surface area contributed by atoms with Gasteiger partial charge in [-0.25, -0.2) is 0 Å². The second kappa shape index (κ2) is 5.36. The highest BCUT2D eigenvalue weighted by molar-refractivity contribution is 5.70. The molecule has 0 aromatic heterocycles. The van der Waals surface area contributed by atoms with Gasteiger partial charge in [-0.3, -0.25) is 9.69 Å². The fraction of sp³-hybridized carbons (Fsp3) is 0.923. The second-order valence-corrected chi connectivity index (χ2v) is 5.65. The molecule has 0 bridgehead atoms. The lowest BCUT2D eigenvalue weighted by atomic mass is 9.77. The first kappa shape index (κ1) is 12.8. The molecule has 3 unspecified atom stereocenters. The zero-order valence-electron chi connectivity index (χ0n) is 10.6. The minimum atomic E-state index is -0.686. The Bertz CT molecular complexity index is 279. The highest BCUT2D eigenvalue weighted by Crippen LogP contribution is 2.35. The highest BCUT2D eigenvalue weighted by atomic mass is 16.4. The Labute approximate surface area is 103 Å². The van der Waals surface area contributed by atoms with E-state index in [2.05, 4.69) is 11.8 Å². The van der Waals surface area contributed by atoms with Crippen LogP contribution in [0.1, 0.15) is 39.0 Å². The van der Waals surface area contributed by atoms with Gasteiger partial charge in [0.25, 0.3) is 0 Å². The highest BCUT2D eigenvalue weighted by Gasteiger charge is 2.37. The lowest BCUT2D eigenvalue weighted by molar-refractivity contribution is -0.144. The van der Waals surface area contributed by atoms with Gasteiger partial charge in [0.2, 0.25) is 0 Å². The number of rotatable bonds is 4. The van der Waals surface area contributed by atoms with Gasteiger partial charge in [0.15, 0.2) is 0 Å². The standard InChI is InChI=1S/C13H24N2O2/c1-2-12(9-4-3-5-9)15-7-10(13(16)17)6-11(14)8-15/h9-12H,2-8,14H2,1H3,(H,16,17). The summed E-state index contributed by atoms with van der Waals surface area (Å²) < 4.78 is 0. The fourth-order valence-corrected chi connectivity index (χ4v) is 3.34. The predicted octanol–water partition coefficient (Wildman–Crippen LogP) is 1.30. The number of hydrogen-bond acceptors (Lipinski definition) is 3. The number of piperidine rings is 1. The number of carbonyl (C=O) groups is 1. The van der Waals surface area contributed by atoms with E-state index in [4.69, 9.17) is 10.8 Å². The minimum absolute atomic E-state index is 0.0268. The van der Waals surface area contributed by atoms with E-state index in [1.807, 2.05) is 0 Å². The molecule has 2 aliphatic rings. The molecule has 1 aliphatic carbocycles. The van der Waals surface area contributed by atoms with Crippen LogP contribution in [-0.2, 0) is 4.79 Å². The molecule has 4 heteroatoms. The first-order valence-corrected chi connectivity index (χ1v) is 6.84. The van der Waals surface area contributed by atoms with E-state index in [-0.39, 0.29) is 12.0 Å². The van der Waals surface area contributed by atoms with Crippen molar-refractivity contribution in [2.45, 2.75) is 51.1 Å². The van der Waals surface area contributed by atoms with Crippen LogP contribution in [0, 0.1) is 11.8 Å². The van der Waals surface area contributed by atoms with Crippen LogP contribution >= 0.6 is 0 Å². The molecule has 3 N–H and O–H groups in total. The quantitative estimate of drug-likeness (QED) is 0.777. The monoisotopic (exact) mass is 240 g/mol. The molecule has 98 valence electrons. The Kier molecular flexibility index (Phi) is 4.05. The van der Waals surface area contributed by atoms with Crippen molar-refractivity contribution in [3.63, 3.8) is 0 Å². The van der Waals surface area contributed by atoms with Gasteiger partial charge < -0.3 is 10.8 Å². The Morgan fingerprint density at radius 1 is 1.47 bits per heavy atom. The molecule has 1 saturated carbocycles. The molecule has 4 nitrogen and oxygen atoms in total. The fourth-order valence-electron chi connectivity index (χ4n) is 3.34. The number of aliphatic carboxylic acids is 1. The SMILES string of the molecule is CCC(C1CCC1)N1CC(N)CC(C(=O)O)C1. The molecule has 0 aromatic rings. The van der Waals surface area contributed by atoms with Gasteiger partial charge in [0.05, 0.1) is 5.92 Å². The molecule has 1 aliphatic heterocycles. The van der Waals surface area contributed by atoms with Crippen molar-refractivity contribution < 1.29 is 9.90 Å². The molecule has 2 fully saturated rings. The molecule has 3 atom stereocenters. The van der Waals surface area contributed by atoms with Crippen LogP contribution in [0.5, 0.6) is 0 Å². The zero-order chi connectivity index (χ0) is 12.4. The summed E-state index contributed by atoms with van der Waals surface area (Å²) in [5.41, 5.74) is 6.00. The third-order valence-corrected chi connectivity index (χ3v) is 4.44. The number of carboxylic acids is 1. The van der Waals surface area contributed by atoms with E-state index in [9.17, 15) is 4.79 Å². The third-order valence-electron chi connectivity index (χ3n) is 4.44. The topological polar surface area (TPSA) is 66.6 Å². The Morgan fingerprint density at radius 3 is 2.65 bits per heavy atom. The average molecular weight is 240 g/mol. The molecular formula is C13H24N2O2. The molecule has 0 spiro atoms. The van der Waals surface area contributed by atoms with Gasteiger partial charge >= 0.3 is 5.97 Å². The molecule has 17 heavy (non-hydrogen) atoms. The van der Waals surface area contributed by atoms with Crippen molar-refractivity contribution in [2.24, 2.45) is 17.6 Å². The van der Waals surface area contributed by atoms with Crippen molar-refractivity contribution in [3.8, 4) is 0 Å². The van der Waals surface area contributed by atoms with Crippen LogP contribution in [0.25, 0.3) is 0 Å². The summed E-state index contributed by atoms with van der Waals surface area (Å²) in [4.78, 5) is 13.5. The lowest BCUT2D eigenvalue weighted by Gasteiger charge is -2.45. The van der Waals surface area contributed by atoms with Gasteiger partial charge in [0.1, 0.15) is 0 Å². The number of nitrogens with two attached hydrogens (primary N) is 1. The van der Waals surface area contributed by atoms with Gasteiger partial charge in [-0.1, -0.05) is 13.3 Å². The first-order chi connectivity index (χ1) is 8.11. The molecule has 1 saturated heterocycles. The van der Waals surface area contributed by atoms with E-state index >= 15 is 0 Å². The number of carboxylic acid groups (broad SMARTS) is 1. The summed E-state index contributed by atoms with van der Waals surface area (Å²) in [6, 6.07) is 0.580. The zero-order valence-corrected chi connectivity index (χ0v) is 10.6. The van der Waals surface area contributed by atoms with E-state index in [1.54, 1.807) is 0 Å². The molecule has 0 aromatic carbocycles. The van der Waals surface area contributed by atoms with Gasteiger partial charge in [-0.2, -0.15) is 0 Å². The maximum absolute atomic E-state index is 11.1. The number of nitrogens with zero attached hydrogens (tertiary/aromatic N) is 1. The van der Waals surface area contributed by atoms with E-state index in [0.717, 1.165) is 18.9 Å². The van der Waals surface area contributed by atoms with Crippen LogP contribution in [-0.4, -0.2) is 41.1 Å². The van der Waals surface area contributed by atoms with Crippen LogP contribution < -0.4 is 5.73 Å². The summed E-state index contributed by atoms with van der Waals surface area (Å²) in [6.45, 7) is 3.77. The average Bonchev–Trinajstić information content (AvgIpc) is 2.21. The third kappa shape index (κ3) is 2.80.